The molecule has 1 rings (SSSR count). The molecule has 1 aromatic heterocycles. The maximum absolute atomic E-state index is 5.89. The third-order valence-electron chi connectivity index (χ3n) is 2.24. The fourth-order valence-corrected chi connectivity index (χ4v) is 1.36. The summed E-state index contributed by atoms with van der Waals surface area (Å²) < 4.78 is 2.05. The normalized spacial score (nSPS) is 13.2. The highest BCUT2D eigenvalue weighted by atomic mass is 15.3. The van der Waals surface area contributed by atoms with Gasteiger partial charge in [-0.15, -0.1) is 0 Å². The van der Waals surface area contributed by atoms with Gasteiger partial charge in [0.2, 0.25) is 0 Å². The van der Waals surface area contributed by atoms with Crippen LogP contribution in [0.3, 0.4) is 0 Å². The molecule has 0 radical (unpaired) electrons. The number of nitrogens with zero attached hydrogens (tertiary/aromatic N) is 2. The minimum Gasteiger partial charge on any atom is -0.327 e. The van der Waals surface area contributed by atoms with E-state index in [9.17, 15) is 0 Å². The van der Waals surface area contributed by atoms with E-state index >= 15 is 0 Å². The Balaban J connectivity index is 2.59. The lowest BCUT2D eigenvalue weighted by Gasteiger charge is -2.10. The van der Waals surface area contributed by atoms with E-state index in [1.807, 2.05) is 6.20 Å². The van der Waals surface area contributed by atoms with Crippen molar-refractivity contribution < 1.29 is 0 Å². The lowest BCUT2D eigenvalue weighted by molar-refractivity contribution is 0.543. The van der Waals surface area contributed by atoms with Crippen LogP contribution in [0.5, 0.6) is 0 Å². The van der Waals surface area contributed by atoms with Crippen molar-refractivity contribution in [2.24, 2.45) is 5.73 Å². The van der Waals surface area contributed by atoms with Crippen LogP contribution in [0.25, 0.3) is 0 Å². The van der Waals surface area contributed by atoms with Crippen LogP contribution in [-0.4, -0.2) is 15.8 Å². The largest absolute Gasteiger partial charge is 0.327 e. The van der Waals surface area contributed by atoms with Gasteiger partial charge >= 0.3 is 0 Å². The molecule has 0 bridgehead atoms. The molecule has 74 valence electrons. The van der Waals surface area contributed by atoms with Crippen LogP contribution >= 0.6 is 0 Å². The van der Waals surface area contributed by atoms with Crippen LogP contribution in [0.2, 0.25) is 0 Å². The Labute approximate surface area is 79.9 Å². The summed E-state index contributed by atoms with van der Waals surface area (Å²) in [5.41, 5.74) is 7.15. The Morgan fingerprint density at radius 3 is 2.92 bits per heavy atom. The third-order valence-corrected chi connectivity index (χ3v) is 2.24. The predicted molar refractivity (Wildman–Crippen MR) is 54.5 cm³/mol. The van der Waals surface area contributed by atoms with E-state index in [-0.39, 0.29) is 6.04 Å². The van der Waals surface area contributed by atoms with Crippen LogP contribution in [-0.2, 0) is 13.0 Å². The molecule has 1 atom stereocenters. The molecule has 0 aliphatic carbocycles. The number of hydrogen-bond acceptors (Lipinski definition) is 2. The highest BCUT2D eigenvalue weighted by Crippen LogP contribution is 2.04. The number of aromatic nitrogens is 2. The molecule has 0 spiro atoms. The zero-order chi connectivity index (χ0) is 9.68. The van der Waals surface area contributed by atoms with E-state index in [1.165, 1.54) is 5.69 Å². The number of aryl methyl sites for hydroxylation is 1. The second kappa shape index (κ2) is 5.02. The maximum Gasteiger partial charge on any atom is 0.0492 e. The molecule has 2 N–H and O–H groups in total. The molecule has 0 fully saturated rings. The SMILES string of the molecule is CCCn1nccc1CC(N)CC. The summed E-state index contributed by atoms with van der Waals surface area (Å²) in [6.45, 7) is 5.27. The molecule has 0 aliphatic rings. The van der Waals surface area contributed by atoms with Gasteiger partial charge in [-0.2, -0.15) is 5.10 Å². The van der Waals surface area contributed by atoms with Crippen LogP contribution in [0.1, 0.15) is 32.4 Å². The molecule has 1 unspecified atom stereocenters. The molecule has 1 heterocycles. The zero-order valence-corrected chi connectivity index (χ0v) is 8.53. The molecule has 0 amide bonds. The molecule has 3 nitrogen and oxygen atoms in total. The Bertz CT molecular complexity index is 242. The van der Waals surface area contributed by atoms with E-state index < -0.39 is 0 Å². The summed E-state index contributed by atoms with van der Waals surface area (Å²) in [6.07, 6.45) is 4.94. The zero-order valence-electron chi connectivity index (χ0n) is 8.53. The van der Waals surface area contributed by atoms with Gasteiger partial charge in [0.15, 0.2) is 0 Å². The third kappa shape index (κ3) is 2.84. The average molecular weight is 181 g/mol. The Kier molecular flexibility index (Phi) is 3.96. The first-order chi connectivity index (χ1) is 6.27. The second-order valence-electron chi connectivity index (χ2n) is 3.42. The van der Waals surface area contributed by atoms with E-state index in [0.717, 1.165) is 25.8 Å². The minimum absolute atomic E-state index is 0.271. The quantitative estimate of drug-likeness (QED) is 0.749. The van der Waals surface area contributed by atoms with Crippen molar-refractivity contribution in [1.82, 2.24) is 9.78 Å². The first-order valence-corrected chi connectivity index (χ1v) is 5.04. The van der Waals surface area contributed by atoms with Gasteiger partial charge in [-0.3, -0.25) is 4.68 Å². The summed E-state index contributed by atoms with van der Waals surface area (Å²) in [6, 6.07) is 2.33. The monoisotopic (exact) mass is 181 g/mol. The van der Waals surface area contributed by atoms with Gasteiger partial charge in [-0.05, 0) is 18.9 Å². The van der Waals surface area contributed by atoms with Crippen LogP contribution in [0, 0.1) is 0 Å². The van der Waals surface area contributed by atoms with E-state index in [2.05, 4.69) is 29.7 Å². The summed E-state index contributed by atoms with van der Waals surface area (Å²) in [5.74, 6) is 0. The van der Waals surface area contributed by atoms with Crippen LogP contribution in [0.4, 0.5) is 0 Å². The van der Waals surface area contributed by atoms with Crippen molar-refractivity contribution in [3.05, 3.63) is 18.0 Å². The fraction of sp³-hybridized carbons (Fsp3) is 0.700. The Hall–Kier alpha value is -0.830. The predicted octanol–water partition coefficient (Wildman–Crippen LogP) is 1.57. The molecular weight excluding hydrogens is 162 g/mol. The Morgan fingerprint density at radius 2 is 2.31 bits per heavy atom. The van der Waals surface area contributed by atoms with Crippen molar-refractivity contribution in [3.63, 3.8) is 0 Å². The van der Waals surface area contributed by atoms with Gasteiger partial charge in [0.1, 0.15) is 0 Å². The fourth-order valence-electron chi connectivity index (χ4n) is 1.36. The molecule has 13 heavy (non-hydrogen) atoms. The van der Waals surface area contributed by atoms with Gasteiger partial charge in [-0.1, -0.05) is 13.8 Å². The van der Waals surface area contributed by atoms with Crippen molar-refractivity contribution in [3.8, 4) is 0 Å². The van der Waals surface area contributed by atoms with Gasteiger partial charge in [0.05, 0.1) is 0 Å². The number of hydrogen-bond donors (Lipinski definition) is 1. The highest BCUT2D eigenvalue weighted by molar-refractivity contribution is 5.02. The first kappa shape index (κ1) is 10.3. The summed E-state index contributed by atoms with van der Waals surface area (Å²) in [4.78, 5) is 0. The van der Waals surface area contributed by atoms with Gasteiger partial charge < -0.3 is 5.73 Å². The van der Waals surface area contributed by atoms with Gasteiger partial charge in [0, 0.05) is 30.9 Å². The van der Waals surface area contributed by atoms with E-state index in [0.29, 0.717) is 0 Å². The maximum atomic E-state index is 5.89. The molecule has 3 heteroatoms. The van der Waals surface area contributed by atoms with E-state index in [1.54, 1.807) is 0 Å². The molecule has 0 aromatic carbocycles. The first-order valence-electron chi connectivity index (χ1n) is 5.04. The molecular formula is C10H19N3. The van der Waals surface area contributed by atoms with Gasteiger partial charge in [0.25, 0.3) is 0 Å². The second-order valence-corrected chi connectivity index (χ2v) is 3.42. The van der Waals surface area contributed by atoms with Crippen LogP contribution < -0.4 is 5.73 Å². The van der Waals surface area contributed by atoms with Crippen molar-refractivity contribution in [2.75, 3.05) is 0 Å². The lowest BCUT2D eigenvalue weighted by Crippen LogP contribution is -2.23. The molecule has 0 saturated carbocycles. The number of nitrogens with two attached hydrogens (primary N) is 1. The molecule has 0 saturated heterocycles. The minimum atomic E-state index is 0.271. The highest BCUT2D eigenvalue weighted by Gasteiger charge is 2.05. The van der Waals surface area contributed by atoms with Crippen molar-refractivity contribution in [2.45, 2.75) is 45.7 Å². The average Bonchev–Trinajstić information content (AvgIpc) is 2.54. The Morgan fingerprint density at radius 1 is 1.54 bits per heavy atom. The standard InChI is InChI=1S/C10H19N3/c1-3-7-13-10(5-6-12-13)8-9(11)4-2/h5-6,9H,3-4,7-8,11H2,1-2H3. The van der Waals surface area contributed by atoms with Gasteiger partial charge in [-0.25, -0.2) is 0 Å². The van der Waals surface area contributed by atoms with Crippen molar-refractivity contribution >= 4 is 0 Å². The smallest absolute Gasteiger partial charge is 0.0492 e. The number of rotatable bonds is 5. The van der Waals surface area contributed by atoms with Crippen molar-refractivity contribution in [1.29, 1.82) is 0 Å². The summed E-state index contributed by atoms with van der Waals surface area (Å²) in [7, 11) is 0. The molecule has 1 aromatic rings. The summed E-state index contributed by atoms with van der Waals surface area (Å²) >= 11 is 0. The van der Waals surface area contributed by atoms with E-state index in [4.69, 9.17) is 5.73 Å². The summed E-state index contributed by atoms with van der Waals surface area (Å²) in [5, 5.41) is 4.25. The van der Waals surface area contributed by atoms with Crippen LogP contribution in [0.15, 0.2) is 12.3 Å². The topological polar surface area (TPSA) is 43.8 Å². The lowest BCUT2D eigenvalue weighted by atomic mass is 10.1. The molecule has 0 aliphatic heterocycles.